The summed E-state index contributed by atoms with van der Waals surface area (Å²) in [6, 6.07) is 4.38. The van der Waals surface area contributed by atoms with Crippen molar-refractivity contribution < 1.29 is 24.2 Å². The van der Waals surface area contributed by atoms with Crippen molar-refractivity contribution in [3.05, 3.63) is 28.8 Å². The van der Waals surface area contributed by atoms with Gasteiger partial charge in [0, 0.05) is 30.2 Å². The molecule has 0 aliphatic carbocycles. The van der Waals surface area contributed by atoms with Crippen molar-refractivity contribution in [3.8, 4) is 0 Å². The third-order valence-corrected chi connectivity index (χ3v) is 4.18. The molecule has 2 rings (SSSR count). The molecule has 26 heavy (non-hydrogen) atoms. The van der Waals surface area contributed by atoms with Crippen LogP contribution in [0.2, 0.25) is 5.02 Å². The summed E-state index contributed by atoms with van der Waals surface area (Å²) in [5.41, 5.74) is 0.908. The van der Waals surface area contributed by atoms with Gasteiger partial charge in [-0.2, -0.15) is 0 Å². The monoisotopic (exact) mass is 384 g/mol. The highest BCUT2D eigenvalue weighted by molar-refractivity contribution is 6.31. The standard InChI is InChI=1S/C18H25ClN2O5/c1-18(2,3)26-17(24)20-15(16(22)23)10-12-4-5-13(11-14(12)19)21-6-8-25-9-7-21/h4-5,11,15H,6-10H2,1-3H3,(H,20,24)(H,22,23). The molecule has 0 spiro atoms. The Balaban J connectivity index is 2.06. The number of morpholine rings is 1. The largest absolute Gasteiger partial charge is 0.480 e. The minimum atomic E-state index is -1.15. The van der Waals surface area contributed by atoms with E-state index >= 15 is 0 Å². The number of aliphatic carboxylic acids is 1. The van der Waals surface area contributed by atoms with E-state index in [2.05, 4.69) is 10.2 Å². The molecule has 2 N–H and O–H groups in total. The van der Waals surface area contributed by atoms with Crippen LogP contribution in [0.5, 0.6) is 0 Å². The van der Waals surface area contributed by atoms with E-state index in [0.717, 1.165) is 18.8 Å². The van der Waals surface area contributed by atoms with Crippen molar-refractivity contribution in [2.24, 2.45) is 0 Å². The average molecular weight is 385 g/mol. The first-order chi connectivity index (χ1) is 12.2. The van der Waals surface area contributed by atoms with Crippen molar-refractivity contribution in [1.29, 1.82) is 0 Å². The van der Waals surface area contributed by atoms with Crippen molar-refractivity contribution in [1.82, 2.24) is 5.32 Å². The number of rotatable bonds is 5. The zero-order valence-corrected chi connectivity index (χ0v) is 16.0. The number of carbonyl (C=O) groups excluding carboxylic acids is 1. The number of amides is 1. The molecule has 144 valence electrons. The molecule has 1 heterocycles. The van der Waals surface area contributed by atoms with E-state index in [0.29, 0.717) is 23.8 Å². The molecule has 8 heteroatoms. The third-order valence-electron chi connectivity index (χ3n) is 3.83. The van der Waals surface area contributed by atoms with Gasteiger partial charge in [0.05, 0.1) is 13.2 Å². The van der Waals surface area contributed by atoms with Crippen molar-refractivity contribution in [2.45, 2.75) is 38.8 Å². The Kier molecular flexibility index (Phi) is 6.72. The molecule has 0 radical (unpaired) electrons. The molecule has 0 bridgehead atoms. The number of hydrogen-bond acceptors (Lipinski definition) is 5. The highest BCUT2D eigenvalue weighted by Crippen LogP contribution is 2.25. The lowest BCUT2D eigenvalue weighted by Crippen LogP contribution is -2.44. The maximum absolute atomic E-state index is 11.9. The second kappa shape index (κ2) is 8.60. The van der Waals surface area contributed by atoms with Crippen LogP contribution >= 0.6 is 11.6 Å². The summed E-state index contributed by atoms with van der Waals surface area (Å²) < 4.78 is 10.5. The number of nitrogens with zero attached hydrogens (tertiary/aromatic N) is 1. The summed E-state index contributed by atoms with van der Waals surface area (Å²) in [6.45, 7) is 8.04. The Hall–Kier alpha value is -1.99. The predicted molar refractivity (Wildman–Crippen MR) is 99.0 cm³/mol. The van der Waals surface area contributed by atoms with E-state index in [1.54, 1.807) is 26.8 Å². The summed E-state index contributed by atoms with van der Waals surface area (Å²) in [5, 5.41) is 12.2. The number of carboxylic acid groups (broad SMARTS) is 1. The molecule has 1 atom stereocenters. The second-order valence-corrected chi connectivity index (χ2v) is 7.52. The zero-order valence-electron chi connectivity index (χ0n) is 15.3. The zero-order chi connectivity index (χ0) is 19.3. The topological polar surface area (TPSA) is 88.1 Å². The molecule has 7 nitrogen and oxygen atoms in total. The maximum Gasteiger partial charge on any atom is 0.408 e. The number of carboxylic acids is 1. The number of ether oxygens (including phenoxy) is 2. The average Bonchev–Trinajstić information content (AvgIpc) is 2.54. The summed E-state index contributed by atoms with van der Waals surface area (Å²) in [5.74, 6) is -1.15. The highest BCUT2D eigenvalue weighted by Gasteiger charge is 2.25. The van der Waals surface area contributed by atoms with Crippen LogP contribution in [0.1, 0.15) is 26.3 Å². The van der Waals surface area contributed by atoms with Gasteiger partial charge < -0.3 is 24.8 Å². The molecular weight excluding hydrogens is 360 g/mol. The van der Waals surface area contributed by atoms with E-state index in [1.807, 2.05) is 12.1 Å². The van der Waals surface area contributed by atoms with Crippen molar-refractivity contribution in [3.63, 3.8) is 0 Å². The third kappa shape index (κ3) is 6.07. The van der Waals surface area contributed by atoms with Crippen LogP contribution in [0.3, 0.4) is 0 Å². The number of carbonyl (C=O) groups is 2. The maximum atomic E-state index is 11.9. The number of benzene rings is 1. The van der Waals surface area contributed by atoms with Crippen LogP contribution in [0.25, 0.3) is 0 Å². The minimum Gasteiger partial charge on any atom is -0.480 e. The lowest BCUT2D eigenvalue weighted by molar-refractivity contribution is -0.139. The predicted octanol–water partition coefficient (Wildman–Crippen LogP) is 2.70. The molecule has 1 unspecified atom stereocenters. The van der Waals surface area contributed by atoms with Crippen LogP contribution in [0, 0.1) is 0 Å². The first-order valence-corrected chi connectivity index (χ1v) is 8.87. The number of alkyl carbamates (subject to hydrolysis) is 1. The lowest BCUT2D eigenvalue weighted by atomic mass is 10.1. The summed E-state index contributed by atoms with van der Waals surface area (Å²) in [7, 11) is 0. The number of halogens is 1. The van der Waals surface area contributed by atoms with Gasteiger partial charge in [0.1, 0.15) is 11.6 Å². The lowest BCUT2D eigenvalue weighted by Gasteiger charge is -2.29. The van der Waals surface area contributed by atoms with Gasteiger partial charge in [0.2, 0.25) is 0 Å². The Morgan fingerprint density at radius 3 is 2.54 bits per heavy atom. The second-order valence-electron chi connectivity index (χ2n) is 7.12. The van der Waals surface area contributed by atoms with E-state index < -0.39 is 23.7 Å². The van der Waals surface area contributed by atoms with Crippen molar-refractivity contribution >= 4 is 29.4 Å². The summed E-state index contributed by atoms with van der Waals surface area (Å²) in [6.07, 6.45) is -0.706. The fourth-order valence-electron chi connectivity index (χ4n) is 2.59. The Bertz CT molecular complexity index is 653. The summed E-state index contributed by atoms with van der Waals surface area (Å²) in [4.78, 5) is 25.5. The summed E-state index contributed by atoms with van der Waals surface area (Å²) >= 11 is 6.35. The van der Waals surface area contributed by atoms with Gasteiger partial charge >= 0.3 is 12.1 Å². The molecule has 1 amide bonds. The fourth-order valence-corrected chi connectivity index (χ4v) is 2.84. The van der Waals surface area contributed by atoms with E-state index in [9.17, 15) is 14.7 Å². The van der Waals surface area contributed by atoms with Crippen LogP contribution in [-0.2, 0) is 20.7 Å². The molecule has 1 aliphatic rings. The van der Waals surface area contributed by atoms with Gasteiger partial charge in [-0.1, -0.05) is 17.7 Å². The molecular formula is C18H25ClN2O5. The van der Waals surface area contributed by atoms with Crippen LogP contribution in [0.4, 0.5) is 10.5 Å². The molecule has 1 aliphatic heterocycles. The van der Waals surface area contributed by atoms with Crippen molar-refractivity contribution in [2.75, 3.05) is 31.2 Å². The molecule has 0 saturated carbocycles. The van der Waals surface area contributed by atoms with Gasteiger partial charge in [-0.15, -0.1) is 0 Å². The molecule has 1 fully saturated rings. The first kappa shape index (κ1) is 20.3. The SMILES string of the molecule is CC(C)(C)OC(=O)NC(Cc1ccc(N2CCOCC2)cc1Cl)C(=O)O. The van der Waals surface area contributed by atoms with E-state index in [1.165, 1.54) is 0 Å². The Morgan fingerprint density at radius 2 is 2.00 bits per heavy atom. The Morgan fingerprint density at radius 1 is 1.35 bits per heavy atom. The van der Waals surface area contributed by atoms with Gasteiger partial charge in [-0.25, -0.2) is 9.59 Å². The van der Waals surface area contributed by atoms with Crippen LogP contribution in [-0.4, -0.2) is 55.1 Å². The van der Waals surface area contributed by atoms with Gasteiger partial charge in [-0.05, 0) is 38.5 Å². The number of hydrogen-bond donors (Lipinski definition) is 2. The molecule has 1 saturated heterocycles. The van der Waals surface area contributed by atoms with Gasteiger partial charge in [0.15, 0.2) is 0 Å². The first-order valence-electron chi connectivity index (χ1n) is 8.49. The van der Waals surface area contributed by atoms with E-state index in [4.69, 9.17) is 21.1 Å². The molecule has 0 aromatic heterocycles. The molecule has 1 aromatic carbocycles. The van der Waals surface area contributed by atoms with Gasteiger partial charge in [0.25, 0.3) is 0 Å². The quantitative estimate of drug-likeness (QED) is 0.811. The fraction of sp³-hybridized carbons (Fsp3) is 0.556. The number of anilines is 1. The molecule has 1 aromatic rings. The highest BCUT2D eigenvalue weighted by atomic mass is 35.5. The number of nitrogens with one attached hydrogen (secondary N) is 1. The minimum absolute atomic E-state index is 0.0663. The smallest absolute Gasteiger partial charge is 0.408 e. The van der Waals surface area contributed by atoms with Crippen LogP contribution < -0.4 is 10.2 Å². The van der Waals surface area contributed by atoms with Crippen LogP contribution in [0.15, 0.2) is 18.2 Å². The van der Waals surface area contributed by atoms with Gasteiger partial charge in [-0.3, -0.25) is 0 Å². The normalized spacial score (nSPS) is 16.1. The van der Waals surface area contributed by atoms with E-state index in [-0.39, 0.29) is 6.42 Å². The Labute approximate surface area is 158 Å².